The van der Waals surface area contributed by atoms with Crippen LogP contribution in [0.4, 0.5) is 0 Å². The van der Waals surface area contributed by atoms with Crippen LogP contribution in [0.25, 0.3) is 0 Å². The maximum Gasteiger partial charge on any atom is 0.228 e. The summed E-state index contributed by atoms with van der Waals surface area (Å²) >= 11 is 8.51. The monoisotopic (exact) mass is 339 g/mol. The highest BCUT2D eigenvalue weighted by Crippen LogP contribution is 2.29. The molecule has 100 valence electrons. The highest BCUT2D eigenvalue weighted by molar-refractivity contribution is 9.10. The van der Waals surface area contributed by atoms with Gasteiger partial charge >= 0.3 is 0 Å². The number of hydrogen-bond donors (Lipinski definition) is 1. The number of thiocarbonyl (C=S) groups is 1. The molecule has 19 heavy (non-hydrogen) atoms. The SMILES string of the molecule is Cc1cc(Oc2c(C(N)=S)c(C)nn2C)ccc1Br. The molecular weight excluding hydrogens is 326 g/mol. The van der Waals surface area contributed by atoms with E-state index in [0.29, 0.717) is 11.4 Å². The quantitative estimate of drug-likeness (QED) is 0.872. The van der Waals surface area contributed by atoms with Gasteiger partial charge in [-0.1, -0.05) is 28.1 Å². The second kappa shape index (κ2) is 5.30. The molecule has 0 radical (unpaired) electrons. The molecule has 0 fully saturated rings. The van der Waals surface area contributed by atoms with E-state index in [4.69, 9.17) is 22.7 Å². The van der Waals surface area contributed by atoms with E-state index in [9.17, 15) is 0 Å². The molecule has 2 rings (SSSR count). The highest BCUT2D eigenvalue weighted by Gasteiger charge is 2.17. The van der Waals surface area contributed by atoms with E-state index < -0.39 is 0 Å². The molecule has 0 saturated carbocycles. The number of halogens is 1. The number of ether oxygens (including phenoxy) is 1. The first-order chi connectivity index (χ1) is 8.90. The van der Waals surface area contributed by atoms with Crippen LogP contribution in [0.15, 0.2) is 22.7 Å². The van der Waals surface area contributed by atoms with E-state index in [1.165, 1.54) is 0 Å². The van der Waals surface area contributed by atoms with Gasteiger partial charge < -0.3 is 10.5 Å². The lowest BCUT2D eigenvalue weighted by molar-refractivity contribution is 0.429. The summed E-state index contributed by atoms with van der Waals surface area (Å²) in [6.45, 7) is 3.86. The maximum absolute atomic E-state index is 5.87. The van der Waals surface area contributed by atoms with Gasteiger partial charge in [-0.25, -0.2) is 4.68 Å². The van der Waals surface area contributed by atoms with Gasteiger partial charge in [0, 0.05) is 11.5 Å². The number of aromatic nitrogens is 2. The lowest BCUT2D eigenvalue weighted by Crippen LogP contribution is -2.11. The Hall–Kier alpha value is -1.40. The summed E-state index contributed by atoms with van der Waals surface area (Å²) in [7, 11) is 1.80. The van der Waals surface area contributed by atoms with Crippen LogP contribution >= 0.6 is 28.1 Å². The minimum atomic E-state index is 0.287. The Morgan fingerprint density at radius 1 is 1.42 bits per heavy atom. The zero-order valence-electron chi connectivity index (χ0n) is 10.9. The molecule has 0 amide bonds. The molecular formula is C13H14BrN3OS. The fourth-order valence-corrected chi connectivity index (χ4v) is 2.31. The van der Waals surface area contributed by atoms with Gasteiger partial charge in [0.25, 0.3) is 0 Å². The van der Waals surface area contributed by atoms with E-state index in [-0.39, 0.29) is 4.99 Å². The Bertz CT molecular complexity index is 652. The number of benzene rings is 1. The first kappa shape index (κ1) is 14.0. The molecule has 0 atom stereocenters. The molecule has 0 saturated heterocycles. The fraction of sp³-hybridized carbons (Fsp3) is 0.231. The molecule has 6 heteroatoms. The Morgan fingerprint density at radius 2 is 2.11 bits per heavy atom. The molecule has 0 unspecified atom stereocenters. The maximum atomic E-state index is 5.87. The molecule has 2 aromatic rings. The number of aryl methyl sites for hydroxylation is 3. The molecule has 0 aliphatic carbocycles. The first-order valence-electron chi connectivity index (χ1n) is 5.67. The predicted octanol–water partition coefficient (Wildman–Crippen LogP) is 3.23. The first-order valence-corrected chi connectivity index (χ1v) is 6.87. The third-order valence-electron chi connectivity index (χ3n) is 2.76. The van der Waals surface area contributed by atoms with Crippen LogP contribution in [-0.2, 0) is 7.05 Å². The normalized spacial score (nSPS) is 10.5. The topological polar surface area (TPSA) is 53.1 Å². The third kappa shape index (κ3) is 2.79. The summed E-state index contributed by atoms with van der Waals surface area (Å²) in [4.78, 5) is 0.287. The van der Waals surface area contributed by atoms with Crippen LogP contribution < -0.4 is 10.5 Å². The molecule has 4 nitrogen and oxygen atoms in total. The summed E-state index contributed by atoms with van der Waals surface area (Å²) in [6.07, 6.45) is 0. The van der Waals surface area contributed by atoms with E-state index in [1.54, 1.807) is 11.7 Å². The van der Waals surface area contributed by atoms with Crippen LogP contribution in [0.5, 0.6) is 11.6 Å². The van der Waals surface area contributed by atoms with Crippen molar-refractivity contribution in [1.29, 1.82) is 0 Å². The van der Waals surface area contributed by atoms with Gasteiger partial charge in [0.15, 0.2) is 0 Å². The van der Waals surface area contributed by atoms with Gasteiger partial charge in [0.2, 0.25) is 5.88 Å². The number of nitrogens with zero attached hydrogens (tertiary/aromatic N) is 2. The summed E-state index contributed by atoms with van der Waals surface area (Å²) in [5, 5.41) is 4.28. The smallest absolute Gasteiger partial charge is 0.228 e. The van der Waals surface area contributed by atoms with Crippen LogP contribution in [0.1, 0.15) is 16.8 Å². The van der Waals surface area contributed by atoms with Crippen molar-refractivity contribution in [3.8, 4) is 11.6 Å². The second-order valence-corrected chi connectivity index (χ2v) is 5.56. The Balaban J connectivity index is 2.43. The van der Waals surface area contributed by atoms with Crippen LogP contribution in [-0.4, -0.2) is 14.8 Å². The second-order valence-electron chi connectivity index (χ2n) is 4.27. The lowest BCUT2D eigenvalue weighted by Gasteiger charge is -2.09. The molecule has 1 aromatic carbocycles. The van der Waals surface area contributed by atoms with Gasteiger partial charge in [-0.2, -0.15) is 5.10 Å². The molecule has 0 aliphatic heterocycles. The van der Waals surface area contributed by atoms with Crippen molar-refractivity contribution in [2.75, 3.05) is 0 Å². The number of nitrogens with two attached hydrogens (primary N) is 1. The van der Waals surface area contributed by atoms with Crippen molar-refractivity contribution in [3.05, 3.63) is 39.5 Å². The van der Waals surface area contributed by atoms with Gasteiger partial charge in [-0.05, 0) is 37.6 Å². The van der Waals surface area contributed by atoms with Crippen molar-refractivity contribution in [2.45, 2.75) is 13.8 Å². The Morgan fingerprint density at radius 3 is 2.68 bits per heavy atom. The van der Waals surface area contributed by atoms with Crippen LogP contribution in [0, 0.1) is 13.8 Å². The van der Waals surface area contributed by atoms with Gasteiger partial charge in [0.05, 0.1) is 11.3 Å². The largest absolute Gasteiger partial charge is 0.439 e. The van der Waals surface area contributed by atoms with E-state index in [1.807, 2.05) is 32.0 Å². The van der Waals surface area contributed by atoms with Crippen molar-refractivity contribution >= 4 is 33.1 Å². The molecule has 0 aliphatic rings. The highest BCUT2D eigenvalue weighted by atomic mass is 79.9. The van der Waals surface area contributed by atoms with Crippen LogP contribution in [0.2, 0.25) is 0 Å². The average Bonchev–Trinajstić information content (AvgIpc) is 2.59. The molecule has 1 heterocycles. The number of rotatable bonds is 3. The van der Waals surface area contributed by atoms with Gasteiger partial charge in [-0.15, -0.1) is 0 Å². The Kier molecular flexibility index (Phi) is 3.91. The van der Waals surface area contributed by atoms with Gasteiger partial charge in [0.1, 0.15) is 10.7 Å². The fourth-order valence-electron chi connectivity index (χ4n) is 1.83. The number of hydrogen-bond acceptors (Lipinski definition) is 3. The molecule has 0 bridgehead atoms. The average molecular weight is 340 g/mol. The van der Waals surface area contributed by atoms with E-state index in [2.05, 4.69) is 21.0 Å². The third-order valence-corrected chi connectivity index (χ3v) is 3.85. The van der Waals surface area contributed by atoms with Crippen LogP contribution in [0.3, 0.4) is 0 Å². The zero-order chi connectivity index (χ0) is 14.2. The summed E-state index contributed by atoms with van der Waals surface area (Å²) in [6, 6.07) is 5.76. The predicted molar refractivity (Wildman–Crippen MR) is 82.8 cm³/mol. The minimum Gasteiger partial charge on any atom is -0.439 e. The van der Waals surface area contributed by atoms with Gasteiger partial charge in [-0.3, -0.25) is 0 Å². The van der Waals surface area contributed by atoms with E-state index >= 15 is 0 Å². The molecule has 2 N–H and O–H groups in total. The van der Waals surface area contributed by atoms with E-state index in [0.717, 1.165) is 21.5 Å². The van der Waals surface area contributed by atoms with Crippen molar-refractivity contribution in [1.82, 2.24) is 9.78 Å². The zero-order valence-corrected chi connectivity index (χ0v) is 13.3. The lowest BCUT2D eigenvalue weighted by atomic mass is 10.2. The molecule has 0 spiro atoms. The Labute approximate surface area is 125 Å². The van der Waals surface area contributed by atoms with Crippen molar-refractivity contribution in [3.63, 3.8) is 0 Å². The summed E-state index contributed by atoms with van der Waals surface area (Å²) < 4.78 is 8.55. The summed E-state index contributed by atoms with van der Waals surface area (Å²) in [5.74, 6) is 1.29. The summed E-state index contributed by atoms with van der Waals surface area (Å²) in [5.41, 5.74) is 8.26. The van der Waals surface area contributed by atoms with Crippen molar-refractivity contribution < 1.29 is 4.74 Å². The van der Waals surface area contributed by atoms with Crippen molar-refractivity contribution in [2.24, 2.45) is 12.8 Å². The standard InChI is InChI=1S/C13H14BrN3OS/c1-7-6-9(4-5-10(7)14)18-13-11(12(15)19)8(2)16-17(13)3/h4-6H,1-3H3,(H2,15,19). The molecule has 1 aromatic heterocycles. The minimum absolute atomic E-state index is 0.287.